The Hall–Kier alpha value is -0.360. The van der Waals surface area contributed by atoms with Gasteiger partial charge in [-0.25, -0.2) is 4.98 Å². The molecule has 1 aliphatic rings. The number of rotatable bonds is 5. The third-order valence-electron chi connectivity index (χ3n) is 2.83. The van der Waals surface area contributed by atoms with E-state index in [0.29, 0.717) is 19.0 Å². The normalized spacial score (nSPS) is 17.7. The molecule has 2 rings (SSSR count). The van der Waals surface area contributed by atoms with Crippen LogP contribution in [-0.4, -0.2) is 23.5 Å². The van der Waals surface area contributed by atoms with Gasteiger partial charge in [0.1, 0.15) is 0 Å². The Morgan fingerprint density at radius 2 is 2.39 bits per heavy atom. The van der Waals surface area contributed by atoms with E-state index < -0.39 is 0 Å². The molecule has 1 aromatic rings. The molecule has 0 saturated carbocycles. The Morgan fingerprint density at radius 1 is 1.56 bits per heavy atom. The number of nitrogens with zero attached hydrogens (tertiary/aromatic N) is 1. The predicted molar refractivity (Wildman–Crippen MR) is 78.7 cm³/mol. The second kappa shape index (κ2) is 9.55. The van der Waals surface area contributed by atoms with Crippen LogP contribution in [0.4, 0.5) is 0 Å². The van der Waals surface area contributed by atoms with E-state index in [1.54, 1.807) is 16.8 Å². The first-order valence-corrected chi connectivity index (χ1v) is 6.66. The number of carbonyl (C=O) groups excluding carboxylic acids is 1. The van der Waals surface area contributed by atoms with Crippen LogP contribution < -0.4 is 10.6 Å². The Bertz CT molecular complexity index is 329. The van der Waals surface area contributed by atoms with E-state index in [1.165, 1.54) is 12.8 Å². The van der Waals surface area contributed by atoms with Crippen molar-refractivity contribution in [2.75, 3.05) is 6.54 Å². The molecular formula is C11H19Cl2N3OS. The number of hydrogen-bond acceptors (Lipinski definition) is 4. The third kappa shape index (κ3) is 6.00. The minimum Gasteiger partial charge on any atom is -0.350 e. The molecule has 0 radical (unpaired) electrons. The van der Waals surface area contributed by atoms with Crippen LogP contribution in [0.1, 0.15) is 31.4 Å². The number of thiazole rings is 1. The summed E-state index contributed by atoms with van der Waals surface area (Å²) in [5, 5.41) is 8.23. The molecule has 1 aliphatic heterocycles. The highest BCUT2D eigenvalue weighted by Gasteiger charge is 2.14. The summed E-state index contributed by atoms with van der Waals surface area (Å²) in [6.45, 7) is 1.66. The molecule has 18 heavy (non-hydrogen) atoms. The van der Waals surface area contributed by atoms with Crippen molar-refractivity contribution in [3.05, 3.63) is 16.6 Å². The number of amides is 1. The molecule has 0 aromatic carbocycles. The van der Waals surface area contributed by atoms with Crippen LogP contribution in [0.5, 0.6) is 0 Å². The first kappa shape index (κ1) is 17.6. The number of nitrogens with one attached hydrogen (secondary N) is 2. The summed E-state index contributed by atoms with van der Waals surface area (Å²) >= 11 is 1.55. The van der Waals surface area contributed by atoms with Gasteiger partial charge in [-0.1, -0.05) is 0 Å². The number of hydrogen-bond donors (Lipinski definition) is 2. The molecule has 2 heterocycles. The summed E-state index contributed by atoms with van der Waals surface area (Å²) in [6.07, 6.45) is 4.01. The minimum absolute atomic E-state index is 0. The Morgan fingerprint density at radius 3 is 3.00 bits per heavy atom. The fraction of sp³-hybridized carbons (Fsp3) is 0.636. The summed E-state index contributed by atoms with van der Waals surface area (Å²) in [6, 6.07) is 0.546. The molecule has 104 valence electrons. The van der Waals surface area contributed by atoms with Crippen LogP contribution in [0.2, 0.25) is 0 Å². The molecular weight excluding hydrogens is 293 g/mol. The lowest BCUT2D eigenvalue weighted by molar-refractivity contribution is -0.121. The van der Waals surface area contributed by atoms with E-state index >= 15 is 0 Å². The van der Waals surface area contributed by atoms with Gasteiger partial charge in [0, 0.05) is 17.8 Å². The van der Waals surface area contributed by atoms with Crippen molar-refractivity contribution in [1.82, 2.24) is 15.6 Å². The predicted octanol–water partition coefficient (Wildman–Crippen LogP) is 2.14. The van der Waals surface area contributed by atoms with Gasteiger partial charge < -0.3 is 10.6 Å². The lowest BCUT2D eigenvalue weighted by Crippen LogP contribution is -2.27. The van der Waals surface area contributed by atoms with Crippen molar-refractivity contribution in [2.45, 2.75) is 38.3 Å². The molecule has 1 unspecified atom stereocenters. The third-order valence-corrected chi connectivity index (χ3v) is 3.47. The summed E-state index contributed by atoms with van der Waals surface area (Å²) in [5.74, 6) is 0.127. The summed E-state index contributed by atoms with van der Waals surface area (Å²) in [5.41, 5.74) is 2.72. The van der Waals surface area contributed by atoms with Crippen molar-refractivity contribution >= 4 is 42.1 Å². The van der Waals surface area contributed by atoms with Crippen molar-refractivity contribution in [3.8, 4) is 0 Å². The maximum Gasteiger partial charge on any atom is 0.220 e. The van der Waals surface area contributed by atoms with E-state index in [2.05, 4.69) is 15.6 Å². The van der Waals surface area contributed by atoms with E-state index in [4.69, 9.17) is 0 Å². The second-order valence-corrected chi connectivity index (χ2v) is 4.81. The molecule has 0 spiro atoms. The van der Waals surface area contributed by atoms with Gasteiger partial charge >= 0.3 is 0 Å². The van der Waals surface area contributed by atoms with Crippen LogP contribution in [0, 0.1) is 0 Å². The highest BCUT2D eigenvalue weighted by molar-refractivity contribution is 7.07. The average Bonchev–Trinajstić information content (AvgIpc) is 2.96. The SMILES string of the molecule is Cl.Cl.O=C(CCC1CCCN1)NCc1cscn1. The zero-order chi connectivity index (χ0) is 11.2. The standard InChI is InChI=1S/C11H17N3OS.2ClH/c15-11(4-3-9-2-1-5-12-9)13-6-10-7-16-8-14-10;;/h7-9,12H,1-6H2,(H,13,15);2*1H. The molecule has 1 amide bonds. The van der Waals surface area contributed by atoms with Crippen LogP contribution in [0.15, 0.2) is 10.9 Å². The van der Waals surface area contributed by atoms with Crippen molar-refractivity contribution < 1.29 is 4.79 Å². The topological polar surface area (TPSA) is 54.0 Å². The van der Waals surface area contributed by atoms with Crippen molar-refractivity contribution in [2.24, 2.45) is 0 Å². The molecule has 4 nitrogen and oxygen atoms in total. The quantitative estimate of drug-likeness (QED) is 0.876. The highest BCUT2D eigenvalue weighted by atomic mass is 35.5. The van der Waals surface area contributed by atoms with E-state index in [1.807, 2.05) is 5.38 Å². The zero-order valence-corrected chi connectivity index (χ0v) is 12.5. The van der Waals surface area contributed by atoms with Gasteiger partial charge in [-0.15, -0.1) is 36.2 Å². The first-order valence-electron chi connectivity index (χ1n) is 5.72. The van der Waals surface area contributed by atoms with Crippen LogP contribution in [0.3, 0.4) is 0 Å². The molecule has 0 aliphatic carbocycles. The van der Waals surface area contributed by atoms with Gasteiger partial charge in [0.05, 0.1) is 17.7 Å². The lowest BCUT2D eigenvalue weighted by Gasteiger charge is -2.09. The molecule has 2 N–H and O–H groups in total. The number of carbonyl (C=O) groups is 1. The Kier molecular flexibility index (Phi) is 9.36. The lowest BCUT2D eigenvalue weighted by atomic mass is 10.1. The van der Waals surface area contributed by atoms with Gasteiger partial charge in [0.25, 0.3) is 0 Å². The molecule has 7 heteroatoms. The molecule has 1 fully saturated rings. The van der Waals surface area contributed by atoms with E-state index in [0.717, 1.165) is 18.7 Å². The van der Waals surface area contributed by atoms with Crippen LogP contribution >= 0.6 is 36.2 Å². The largest absolute Gasteiger partial charge is 0.350 e. The maximum absolute atomic E-state index is 11.5. The number of aromatic nitrogens is 1. The molecule has 1 aromatic heterocycles. The Labute approximate surface area is 124 Å². The summed E-state index contributed by atoms with van der Waals surface area (Å²) < 4.78 is 0. The molecule has 1 saturated heterocycles. The fourth-order valence-electron chi connectivity index (χ4n) is 1.91. The highest BCUT2D eigenvalue weighted by Crippen LogP contribution is 2.10. The smallest absolute Gasteiger partial charge is 0.220 e. The van der Waals surface area contributed by atoms with Gasteiger partial charge in [0.15, 0.2) is 0 Å². The monoisotopic (exact) mass is 311 g/mol. The summed E-state index contributed by atoms with van der Waals surface area (Å²) in [7, 11) is 0. The summed E-state index contributed by atoms with van der Waals surface area (Å²) in [4.78, 5) is 15.6. The maximum atomic E-state index is 11.5. The zero-order valence-electron chi connectivity index (χ0n) is 10.1. The minimum atomic E-state index is 0. The number of halogens is 2. The average molecular weight is 312 g/mol. The molecule has 0 bridgehead atoms. The van der Waals surface area contributed by atoms with Crippen LogP contribution in [0.25, 0.3) is 0 Å². The van der Waals surface area contributed by atoms with Crippen LogP contribution in [-0.2, 0) is 11.3 Å². The van der Waals surface area contributed by atoms with Gasteiger partial charge in [0.2, 0.25) is 5.91 Å². The van der Waals surface area contributed by atoms with Crippen molar-refractivity contribution in [3.63, 3.8) is 0 Å². The van der Waals surface area contributed by atoms with Gasteiger partial charge in [-0.2, -0.15) is 0 Å². The Balaban J connectivity index is 0.00000144. The molecule has 1 atom stereocenters. The van der Waals surface area contributed by atoms with Gasteiger partial charge in [-0.05, 0) is 25.8 Å². The van der Waals surface area contributed by atoms with Gasteiger partial charge in [-0.3, -0.25) is 4.79 Å². The first-order chi connectivity index (χ1) is 7.84. The van der Waals surface area contributed by atoms with E-state index in [-0.39, 0.29) is 30.7 Å². The van der Waals surface area contributed by atoms with E-state index in [9.17, 15) is 4.79 Å². The fourth-order valence-corrected chi connectivity index (χ4v) is 2.47. The second-order valence-electron chi connectivity index (χ2n) is 4.09. The van der Waals surface area contributed by atoms with Crippen molar-refractivity contribution in [1.29, 1.82) is 0 Å².